The zero-order valence-corrected chi connectivity index (χ0v) is 17.6. The van der Waals surface area contributed by atoms with Gasteiger partial charge in [-0.3, -0.25) is 4.98 Å². The molecule has 31 heavy (non-hydrogen) atoms. The molecule has 0 amide bonds. The number of hydrogen-bond acceptors (Lipinski definition) is 6. The second kappa shape index (κ2) is 8.72. The van der Waals surface area contributed by atoms with E-state index >= 15 is 0 Å². The lowest BCUT2D eigenvalue weighted by atomic mass is 9.76. The SMILES string of the molecule is Cl.N[C@@H](c1cccc(-c2ccc3cnn(-c4cccc(CO)n4)c3c2)n1)C1CC(O)C1. The summed E-state index contributed by atoms with van der Waals surface area (Å²) in [5.41, 5.74) is 10.5. The number of aliphatic hydroxyl groups is 2. The van der Waals surface area contributed by atoms with Crippen molar-refractivity contribution in [3.05, 3.63) is 72.2 Å². The number of aromatic nitrogens is 4. The van der Waals surface area contributed by atoms with Crippen LogP contribution in [0, 0.1) is 5.92 Å². The lowest BCUT2D eigenvalue weighted by Crippen LogP contribution is -2.36. The fraction of sp³-hybridized carbons (Fsp3) is 0.261. The highest BCUT2D eigenvalue weighted by molar-refractivity contribution is 5.85. The zero-order valence-electron chi connectivity index (χ0n) is 16.8. The molecule has 0 saturated heterocycles. The average Bonchev–Trinajstić information content (AvgIpc) is 3.20. The second-order valence-corrected chi connectivity index (χ2v) is 7.83. The molecule has 1 fully saturated rings. The van der Waals surface area contributed by atoms with Crippen molar-refractivity contribution in [2.75, 3.05) is 0 Å². The molecule has 1 aliphatic rings. The predicted molar refractivity (Wildman–Crippen MR) is 121 cm³/mol. The van der Waals surface area contributed by atoms with Crippen molar-refractivity contribution in [2.24, 2.45) is 11.7 Å². The number of rotatable bonds is 5. The summed E-state index contributed by atoms with van der Waals surface area (Å²) in [6.45, 7) is -0.118. The molecule has 0 spiro atoms. The fourth-order valence-electron chi connectivity index (χ4n) is 4.00. The molecule has 4 N–H and O–H groups in total. The van der Waals surface area contributed by atoms with Crippen LogP contribution in [0.2, 0.25) is 0 Å². The molecule has 1 aromatic carbocycles. The molecule has 0 aliphatic heterocycles. The fourth-order valence-corrected chi connectivity index (χ4v) is 4.00. The van der Waals surface area contributed by atoms with Crippen molar-refractivity contribution < 1.29 is 10.2 Å². The van der Waals surface area contributed by atoms with E-state index in [1.165, 1.54) is 0 Å². The second-order valence-electron chi connectivity index (χ2n) is 7.83. The van der Waals surface area contributed by atoms with Crippen molar-refractivity contribution in [3.8, 4) is 17.1 Å². The van der Waals surface area contributed by atoms with Gasteiger partial charge in [0.2, 0.25) is 0 Å². The molecule has 0 radical (unpaired) electrons. The number of aliphatic hydroxyl groups excluding tert-OH is 2. The Balaban J connectivity index is 0.00000231. The van der Waals surface area contributed by atoms with Gasteiger partial charge in [0.15, 0.2) is 5.82 Å². The van der Waals surface area contributed by atoms with Gasteiger partial charge in [0.05, 0.1) is 47.5 Å². The van der Waals surface area contributed by atoms with Gasteiger partial charge >= 0.3 is 0 Å². The minimum Gasteiger partial charge on any atom is -0.393 e. The van der Waals surface area contributed by atoms with Gasteiger partial charge in [-0.2, -0.15) is 5.10 Å². The lowest BCUT2D eigenvalue weighted by molar-refractivity contribution is 0.0302. The van der Waals surface area contributed by atoms with E-state index in [2.05, 4.69) is 10.1 Å². The third-order valence-electron chi connectivity index (χ3n) is 5.81. The first-order valence-electron chi connectivity index (χ1n) is 10.1. The van der Waals surface area contributed by atoms with E-state index in [1.54, 1.807) is 16.9 Å². The first-order valence-corrected chi connectivity index (χ1v) is 10.1. The summed E-state index contributed by atoms with van der Waals surface area (Å²) in [7, 11) is 0. The van der Waals surface area contributed by atoms with Gasteiger partial charge < -0.3 is 15.9 Å². The van der Waals surface area contributed by atoms with Gasteiger partial charge in [0, 0.05) is 10.9 Å². The summed E-state index contributed by atoms with van der Waals surface area (Å²) in [6, 6.07) is 17.3. The van der Waals surface area contributed by atoms with Crippen LogP contribution < -0.4 is 5.73 Å². The van der Waals surface area contributed by atoms with Gasteiger partial charge in [-0.25, -0.2) is 9.67 Å². The van der Waals surface area contributed by atoms with E-state index in [0.29, 0.717) is 11.5 Å². The van der Waals surface area contributed by atoms with Crippen LogP contribution in [-0.4, -0.2) is 36.1 Å². The van der Waals surface area contributed by atoms with Crippen LogP contribution in [0.4, 0.5) is 0 Å². The Morgan fingerprint density at radius 1 is 1.06 bits per heavy atom. The predicted octanol–water partition coefficient (Wildman–Crippen LogP) is 3.17. The quantitative estimate of drug-likeness (QED) is 0.442. The Morgan fingerprint density at radius 3 is 2.65 bits per heavy atom. The van der Waals surface area contributed by atoms with Crippen molar-refractivity contribution in [1.82, 2.24) is 19.7 Å². The average molecular weight is 438 g/mol. The summed E-state index contributed by atoms with van der Waals surface area (Å²) >= 11 is 0. The smallest absolute Gasteiger partial charge is 0.154 e. The van der Waals surface area contributed by atoms with Crippen molar-refractivity contribution in [3.63, 3.8) is 0 Å². The topological polar surface area (TPSA) is 110 Å². The standard InChI is InChI=1S/C23H23N5O2.ClH/c24-23(16-9-18(30)10-16)20-5-2-4-19(27-20)14-7-8-15-12-25-28(21(15)11-14)22-6-1-3-17(13-29)26-22;/h1-8,11-12,16,18,23,29-30H,9-10,13,24H2;1H/t16?,18?,23-;/m1./s1. The summed E-state index contributed by atoms with van der Waals surface area (Å²) in [6.07, 6.45) is 3.04. The maximum absolute atomic E-state index is 9.58. The molecule has 1 atom stereocenters. The van der Waals surface area contributed by atoms with Crippen molar-refractivity contribution in [1.29, 1.82) is 0 Å². The molecule has 160 valence electrons. The molecular formula is C23H24ClN5O2. The highest BCUT2D eigenvalue weighted by atomic mass is 35.5. The molecule has 3 heterocycles. The minimum absolute atomic E-state index is 0. The van der Waals surface area contributed by atoms with Gasteiger partial charge in [-0.05, 0) is 49.1 Å². The molecule has 5 rings (SSSR count). The first kappa shape index (κ1) is 21.4. The summed E-state index contributed by atoms with van der Waals surface area (Å²) < 4.78 is 1.77. The van der Waals surface area contributed by atoms with Crippen LogP contribution in [0.3, 0.4) is 0 Å². The summed E-state index contributed by atoms with van der Waals surface area (Å²) in [5, 5.41) is 24.4. The molecule has 4 aromatic rings. The third-order valence-corrected chi connectivity index (χ3v) is 5.81. The molecule has 0 bridgehead atoms. The van der Waals surface area contributed by atoms with E-state index in [1.807, 2.05) is 48.5 Å². The highest BCUT2D eigenvalue weighted by Gasteiger charge is 2.33. The van der Waals surface area contributed by atoms with Gasteiger partial charge in [0.25, 0.3) is 0 Å². The summed E-state index contributed by atoms with van der Waals surface area (Å²) in [4.78, 5) is 9.27. The van der Waals surface area contributed by atoms with E-state index in [9.17, 15) is 10.2 Å². The molecule has 1 aliphatic carbocycles. The Morgan fingerprint density at radius 2 is 1.87 bits per heavy atom. The number of nitrogens with two attached hydrogens (primary N) is 1. The Bertz CT molecular complexity index is 1210. The van der Waals surface area contributed by atoms with Crippen LogP contribution in [-0.2, 0) is 6.61 Å². The Hall–Kier alpha value is -2.84. The van der Waals surface area contributed by atoms with Crippen LogP contribution in [0.1, 0.15) is 30.3 Å². The van der Waals surface area contributed by atoms with E-state index in [4.69, 9.17) is 10.7 Å². The van der Waals surface area contributed by atoms with E-state index < -0.39 is 0 Å². The monoisotopic (exact) mass is 437 g/mol. The van der Waals surface area contributed by atoms with Gasteiger partial charge in [-0.15, -0.1) is 12.4 Å². The van der Waals surface area contributed by atoms with Crippen LogP contribution in [0.5, 0.6) is 0 Å². The lowest BCUT2D eigenvalue weighted by Gasteiger charge is -2.35. The molecule has 0 unspecified atom stereocenters. The number of hydrogen-bond donors (Lipinski definition) is 3. The number of pyridine rings is 2. The Labute approximate surface area is 186 Å². The van der Waals surface area contributed by atoms with Crippen LogP contribution >= 0.6 is 12.4 Å². The highest BCUT2D eigenvalue weighted by Crippen LogP contribution is 2.36. The summed E-state index contributed by atoms with van der Waals surface area (Å²) in [5.74, 6) is 0.928. The van der Waals surface area contributed by atoms with E-state index in [0.717, 1.165) is 40.7 Å². The first-order chi connectivity index (χ1) is 14.6. The zero-order chi connectivity index (χ0) is 20.7. The molecule has 3 aromatic heterocycles. The van der Waals surface area contributed by atoms with Crippen molar-refractivity contribution >= 4 is 23.3 Å². The maximum atomic E-state index is 9.58. The van der Waals surface area contributed by atoms with Crippen LogP contribution in [0.15, 0.2) is 60.8 Å². The number of nitrogens with zero attached hydrogens (tertiary/aromatic N) is 4. The van der Waals surface area contributed by atoms with E-state index in [-0.39, 0.29) is 37.1 Å². The van der Waals surface area contributed by atoms with Crippen molar-refractivity contribution in [2.45, 2.75) is 31.6 Å². The molecule has 7 nitrogen and oxygen atoms in total. The number of benzene rings is 1. The van der Waals surface area contributed by atoms with Gasteiger partial charge in [0.1, 0.15) is 0 Å². The normalized spacial score (nSPS) is 18.9. The maximum Gasteiger partial charge on any atom is 0.154 e. The number of halogens is 1. The molecule has 8 heteroatoms. The number of fused-ring (bicyclic) bond motifs is 1. The van der Waals surface area contributed by atoms with Gasteiger partial charge in [-0.1, -0.05) is 24.3 Å². The Kier molecular flexibility index (Phi) is 6.02. The molecular weight excluding hydrogens is 414 g/mol. The minimum atomic E-state index is -0.232. The third kappa shape index (κ3) is 4.05. The molecule has 1 saturated carbocycles. The van der Waals surface area contributed by atoms with Crippen LogP contribution in [0.25, 0.3) is 28.0 Å². The largest absolute Gasteiger partial charge is 0.393 e.